The molecule has 0 aromatic heterocycles. The van der Waals surface area contributed by atoms with E-state index in [0.717, 1.165) is 72.8 Å². The van der Waals surface area contributed by atoms with Crippen LogP contribution in [0.2, 0.25) is 0 Å². The summed E-state index contributed by atoms with van der Waals surface area (Å²) in [6, 6.07) is 20.9. The molecule has 2 aliphatic heterocycles. The number of aliphatic hydroxyl groups excluding tert-OH is 1. The van der Waals surface area contributed by atoms with Crippen molar-refractivity contribution in [1.29, 1.82) is 0 Å². The minimum absolute atomic E-state index is 0.0255. The Balaban J connectivity index is 1.18. The van der Waals surface area contributed by atoms with Gasteiger partial charge in [0.1, 0.15) is 12.4 Å². The van der Waals surface area contributed by atoms with Gasteiger partial charge in [-0.3, -0.25) is 0 Å². The monoisotopic (exact) mass is 694 g/mol. The van der Waals surface area contributed by atoms with Crippen LogP contribution in [0.5, 0.6) is 5.75 Å². The van der Waals surface area contributed by atoms with Gasteiger partial charge in [-0.05, 0) is 72.6 Å². The number of rotatable bonds is 16. The highest BCUT2D eigenvalue weighted by molar-refractivity contribution is 7.89. The number of hydrogen-bond donors (Lipinski definition) is 1. The largest absolute Gasteiger partial charge is 0.490 e. The van der Waals surface area contributed by atoms with Crippen LogP contribution in [0, 0.1) is 18.8 Å². The number of piperidine rings is 1. The summed E-state index contributed by atoms with van der Waals surface area (Å²) in [6.07, 6.45) is 0.491. The lowest BCUT2D eigenvalue weighted by Gasteiger charge is -2.41. The van der Waals surface area contributed by atoms with Crippen molar-refractivity contribution in [3.63, 3.8) is 0 Å². The molecule has 1 N–H and O–H groups in total. The lowest BCUT2D eigenvalue weighted by Crippen LogP contribution is -2.53. The number of benzene rings is 3. The normalized spacial score (nSPS) is 24.0. The molecule has 0 radical (unpaired) electrons. The summed E-state index contributed by atoms with van der Waals surface area (Å²) in [5.74, 6) is 1.58. The van der Waals surface area contributed by atoms with Gasteiger partial charge in [0.15, 0.2) is 0 Å². The molecule has 0 unspecified atom stereocenters. The Morgan fingerprint density at radius 1 is 0.898 bits per heavy atom. The fourth-order valence-corrected chi connectivity index (χ4v) is 8.42. The molecule has 266 valence electrons. The van der Waals surface area contributed by atoms with Gasteiger partial charge >= 0.3 is 0 Å². The molecule has 11 heteroatoms. The molecule has 0 spiro atoms. The fourth-order valence-electron chi connectivity index (χ4n) is 6.95. The smallest absolute Gasteiger partial charge is 0.243 e. The van der Waals surface area contributed by atoms with Crippen molar-refractivity contribution in [3.05, 3.63) is 89.0 Å². The molecule has 3 aromatic rings. The number of nitrogens with zero attached hydrogens (tertiary/aromatic N) is 2. The van der Waals surface area contributed by atoms with E-state index in [1.165, 1.54) is 4.31 Å². The van der Waals surface area contributed by atoms with Crippen LogP contribution in [0.15, 0.2) is 71.6 Å². The predicted octanol–water partition coefficient (Wildman–Crippen LogP) is 4.76. The second kappa shape index (κ2) is 16.3. The molecule has 0 bridgehead atoms. The zero-order chi connectivity index (χ0) is 34.4. The maximum atomic E-state index is 13.8. The van der Waals surface area contributed by atoms with E-state index in [4.69, 9.17) is 23.7 Å². The van der Waals surface area contributed by atoms with Crippen molar-refractivity contribution in [3.8, 4) is 5.75 Å². The van der Waals surface area contributed by atoms with Gasteiger partial charge in [0.25, 0.3) is 0 Å². The van der Waals surface area contributed by atoms with Crippen LogP contribution >= 0.6 is 0 Å². The van der Waals surface area contributed by atoms with Crippen molar-refractivity contribution in [2.75, 3.05) is 71.7 Å². The van der Waals surface area contributed by atoms with E-state index in [2.05, 4.69) is 11.0 Å². The Kier molecular flexibility index (Phi) is 11.9. The van der Waals surface area contributed by atoms with Crippen LogP contribution < -0.4 is 9.64 Å². The Hall–Kier alpha value is -3.03. The molecule has 1 saturated heterocycles. The summed E-state index contributed by atoms with van der Waals surface area (Å²) < 4.78 is 57.9. The average molecular weight is 695 g/mol. The van der Waals surface area contributed by atoms with E-state index in [1.807, 2.05) is 43.3 Å². The van der Waals surface area contributed by atoms with E-state index in [1.54, 1.807) is 38.5 Å². The third kappa shape index (κ3) is 8.83. The molecule has 1 aliphatic carbocycles. The van der Waals surface area contributed by atoms with Gasteiger partial charge < -0.3 is 33.7 Å². The maximum Gasteiger partial charge on any atom is 0.243 e. The Morgan fingerprint density at radius 3 is 2.41 bits per heavy atom. The number of fused-ring (bicyclic) bond motifs is 1. The minimum Gasteiger partial charge on any atom is -0.490 e. The van der Waals surface area contributed by atoms with Crippen molar-refractivity contribution >= 4 is 15.7 Å². The Labute approximate surface area is 290 Å². The Morgan fingerprint density at radius 2 is 1.65 bits per heavy atom. The molecule has 0 amide bonds. The van der Waals surface area contributed by atoms with Crippen molar-refractivity contribution in [2.24, 2.45) is 11.8 Å². The maximum absolute atomic E-state index is 13.8. The number of aliphatic hydroxyl groups is 1. The molecule has 1 saturated carbocycles. The van der Waals surface area contributed by atoms with Gasteiger partial charge in [-0.25, -0.2) is 8.42 Å². The first-order chi connectivity index (χ1) is 23.8. The fraction of sp³-hybridized carbons (Fsp3) is 0.526. The van der Waals surface area contributed by atoms with E-state index >= 15 is 0 Å². The SMILES string of the molecule is COCCCN1CCOc2ccc(CO[C@H]3CN(S(=O)(=O)c4ccc(C)cc4)C[C@@H](O)[C@@H]3c3ccc(COC[C@H]4C[C@@H]4COC)cc3)cc21. The second-order valence-electron chi connectivity index (χ2n) is 13.5. The first kappa shape index (κ1) is 35.8. The Bertz CT molecular complexity index is 1620. The van der Waals surface area contributed by atoms with Crippen LogP contribution in [0.25, 0.3) is 0 Å². The highest BCUT2D eigenvalue weighted by Crippen LogP contribution is 2.39. The lowest BCUT2D eigenvalue weighted by atomic mass is 9.85. The molecule has 3 aliphatic rings. The molecule has 49 heavy (non-hydrogen) atoms. The number of aryl methyl sites for hydroxylation is 1. The number of hydrogen-bond acceptors (Lipinski definition) is 9. The third-order valence-corrected chi connectivity index (χ3v) is 11.7. The van der Waals surface area contributed by atoms with E-state index in [0.29, 0.717) is 31.7 Å². The third-order valence-electron chi connectivity index (χ3n) is 9.89. The molecular weight excluding hydrogens is 644 g/mol. The van der Waals surface area contributed by atoms with Crippen molar-refractivity contribution in [1.82, 2.24) is 4.31 Å². The van der Waals surface area contributed by atoms with Gasteiger partial charge in [0, 0.05) is 53.0 Å². The summed E-state index contributed by atoms with van der Waals surface area (Å²) in [5.41, 5.74) is 4.89. The van der Waals surface area contributed by atoms with E-state index in [9.17, 15) is 13.5 Å². The molecule has 10 nitrogen and oxygen atoms in total. The minimum atomic E-state index is -3.85. The number of sulfonamides is 1. The zero-order valence-electron chi connectivity index (χ0n) is 28.8. The number of β-amino-alcohol motifs (C(OH)–C–C–N with tert-alkyl or cyclic N) is 1. The number of methoxy groups -OCH3 is 2. The molecule has 2 heterocycles. The zero-order valence-corrected chi connectivity index (χ0v) is 29.6. The topological polar surface area (TPSA) is 107 Å². The summed E-state index contributed by atoms with van der Waals surface area (Å²) >= 11 is 0. The number of anilines is 1. The van der Waals surface area contributed by atoms with Crippen LogP contribution in [-0.4, -0.2) is 96.9 Å². The highest BCUT2D eigenvalue weighted by Gasteiger charge is 2.42. The summed E-state index contributed by atoms with van der Waals surface area (Å²) in [6.45, 7) is 7.24. The van der Waals surface area contributed by atoms with E-state index in [-0.39, 0.29) is 24.6 Å². The standard InChI is InChI=1S/C38H50N2O8S/c1-27-5-12-33(13-6-27)49(42,43)40-21-35(41)38(30-10-7-28(8-11-30)23-46-26-32-20-31(32)25-45-3)37(22-40)48-24-29-9-14-36-34(19-29)39(16-18-47-36)15-4-17-44-2/h5-14,19,31-32,35,37-38,41H,4,15-18,20-26H2,1-3H3/t31-,32-,35-,37+,38+/m1/s1. The van der Waals surface area contributed by atoms with Gasteiger partial charge in [0.2, 0.25) is 10.0 Å². The van der Waals surface area contributed by atoms with Crippen LogP contribution in [-0.2, 0) is 42.2 Å². The van der Waals surface area contributed by atoms with Gasteiger partial charge in [-0.15, -0.1) is 0 Å². The molecular formula is C38H50N2O8S. The quantitative estimate of drug-likeness (QED) is 0.213. The summed E-state index contributed by atoms with van der Waals surface area (Å²) in [4.78, 5) is 2.51. The van der Waals surface area contributed by atoms with Crippen molar-refractivity contribution in [2.45, 2.75) is 56.0 Å². The van der Waals surface area contributed by atoms with Gasteiger partial charge in [-0.1, -0.05) is 48.0 Å². The van der Waals surface area contributed by atoms with Crippen LogP contribution in [0.3, 0.4) is 0 Å². The van der Waals surface area contributed by atoms with E-state index < -0.39 is 28.1 Å². The summed E-state index contributed by atoms with van der Waals surface area (Å²) in [5, 5.41) is 11.6. The molecule has 5 atom stereocenters. The predicted molar refractivity (Wildman–Crippen MR) is 187 cm³/mol. The molecule has 3 aromatic carbocycles. The van der Waals surface area contributed by atoms with Gasteiger partial charge in [-0.2, -0.15) is 4.31 Å². The van der Waals surface area contributed by atoms with Crippen LogP contribution in [0.4, 0.5) is 5.69 Å². The average Bonchev–Trinajstić information content (AvgIpc) is 3.85. The van der Waals surface area contributed by atoms with Crippen LogP contribution in [0.1, 0.15) is 41.0 Å². The first-order valence-electron chi connectivity index (χ1n) is 17.3. The highest BCUT2D eigenvalue weighted by atomic mass is 32.2. The molecule has 2 fully saturated rings. The first-order valence-corrected chi connectivity index (χ1v) is 18.7. The second-order valence-corrected chi connectivity index (χ2v) is 15.5. The molecule has 6 rings (SSSR count). The number of ether oxygens (including phenoxy) is 5. The van der Waals surface area contributed by atoms with Gasteiger partial charge in [0.05, 0.1) is 49.2 Å². The lowest BCUT2D eigenvalue weighted by molar-refractivity contribution is -0.0534. The van der Waals surface area contributed by atoms with Crippen molar-refractivity contribution < 1.29 is 37.2 Å². The summed E-state index contributed by atoms with van der Waals surface area (Å²) in [7, 11) is -0.408.